The number of amides is 5. The van der Waals surface area contributed by atoms with Gasteiger partial charge >= 0.3 is 23.9 Å². The predicted octanol–water partition coefficient (Wildman–Crippen LogP) is -3.78. The van der Waals surface area contributed by atoms with Gasteiger partial charge in [0.15, 0.2) is 0 Å². The lowest BCUT2D eigenvalue weighted by molar-refractivity contribution is -0.143. The van der Waals surface area contributed by atoms with Crippen molar-refractivity contribution < 1.29 is 48.9 Å². The summed E-state index contributed by atoms with van der Waals surface area (Å²) in [6.45, 7) is 0. The molecular weight excluding hydrogens is 538 g/mol. The first kappa shape index (κ1) is 31.3. The van der Waals surface area contributed by atoms with E-state index < -0.39 is 91.5 Å². The van der Waals surface area contributed by atoms with Gasteiger partial charge in [-0.1, -0.05) is 0 Å². The van der Waals surface area contributed by atoms with Crippen molar-refractivity contribution in [1.82, 2.24) is 31.6 Å². The highest BCUT2D eigenvalue weighted by molar-refractivity contribution is 5.97. The zero-order chi connectivity index (χ0) is 30.0. The van der Waals surface area contributed by atoms with Crippen molar-refractivity contribution in [2.24, 2.45) is 11.5 Å². The minimum absolute atomic E-state index is 0.117. The molecule has 1 aromatic heterocycles. The highest BCUT2D eigenvalue weighted by atomic mass is 16.4. The lowest BCUT2D eigenvalue weighted by atomic mass is 10.1. The first-order valence-corrected chi connectivity index (χ1v) is 11.7. The smallest absolute Gasteiger partial charge is 0.326 e. The molecule has 1 fully saturated rings. The number of carbonyl (C=O) groups is 7. The topological polar surface area (TPSA) is 317 Å². The lowest BCUT2D eigenvalue weighted by Gasteiger charge is -2.33. The summed E-state index contributed by atoms with van der Waals surface area (Å²) >= 11 is 0. The number of carboxylic acid groups (broad SMARTS) is 3. The summed E-state index contributed by atoms with van der Waals surface area (Å²) in [6, 6.07) is -2.51. The molecule has 5 amide bonds. The number of hydrogen-bond acceptors (Lipinski definition) is 11. The van der Waals surface area contributed by atoms with Gasteiger partial charge in [0.1, 0.15) is 30.1 Å². The number of hydrogen-bond donors (Lipinski definition) is 11. The minimum Gasteiger partial charge on any atom is -0.481 e. The van der Waals surface area contributed by atoms with E-state index in [1.807, 2.05) is 0 Å². The molecule has 218 valence electrons. The number of nitrogens with one attached hydrogen (secondary N) is 6. The van der Waals surface area contributed by atoms with Gasteiger partial charge in [0.05, 0.1) is 18.1 Å². The number of nitrogens with two attached hydrogens (primary N) is 2. The van der Waals surface area contributed by atoms with Crippen molar-refractivity contribution >= 4 is 47.3 Å². The van der Waals surface area contributed by atoms with Crippen molar-refractivity contribution in [3.05, 3.63) is 24.0 Å². The highest BCUT2D eigenvalue weighted by Gasteiger charge is 2.33. The van der Waals surface area contributed by atoms with E-state index in [0.29, 0.717) is 0 Å². The van der Waals surface area contributed by atoms with Crippen LogP contribution in [0.25, 0.3) is 0 Å². The van der Waals surface area contributed by atoms with Crippen LogP contribution >= 0.6 is 0 Å². The molecule has 0 radical (unpaired) electrons. The second-order valence-corrected chi connectivity index (χ2v) is 8.48. The normalized spacial score (nSPS) is 19.8. The second-order valence-electron chi connectivity index (χ2n) is 8.48. The molecule has 1 aromatic rings. The van der Waals surface area contributed by atoms with Gasteiger partial charge < -0.3 is 47.6 Å². The average molecular weight is 568 g/mol. The molecule has 3 unspecified atom stereocenters. The molecule has 1 saturated heterocycles. The van der Waals surface area contributed by atoms with Crippen molar-refractivity contribution in [2.45, 2.75) is 56.3 Å². The van der Waals surface area contributed by atoms with Crippen LogP contribution in [0.15, 0.2) is 18.3 Å². The van der Waals surface area contributed by atoms with Gasteiger partial charge in [-0.2, -0.15) is 0 Å². The standard InChI is InChI=1S/C21H29N9O10/c22-15-14(17(35)30-20(23)29-15)28-21(40)25-8-1-2-9(24-7-8)16(34)27-11(19(38)39)3-5-12(31)26-10(18(36)37)4-6-13(32)33/h1-2,7,10-11,14-15,20,29H,3-6,22-23H2,(H,26,31)(H,27,34)(H,30,35)(H,32,33)(H,36,37)(H,38,39)(H2,25,28,40)/t10-,11-,14?,15?,20?/m0/s1. The number of urea groups is 1. The Hall–Kier alpha value is -4.88. The highest BCUT2D eigenvalue weighted by Crippen LogP contribution is 2.08. The molecule has 40 heavy (non-hydrogen) atoms. The number of pyridine rings is 1. The van der Waals surface area contributed by atoms with Crippen LogP contribution in [-0.4, -0.2) is 92.5 Å². The van der Waals surface area contributed by atoms with E-state index in [-0.39, 0.29) is 17.8 Å². The second kappa shape index (κ2) is 14.3. The number of aromatic nitrogens is 1. The summed E-state index contributed by atoms with van der Waals surface area (Å²) in [5, 5.41) is 41.2. The zero-order valence-corrected chi connectivity index (χ0v) is 20.7. The molecule has 0 saturated carbocycles. The minimum atomic E-state index is -1.54. The number of carboxylic acids is 3. The van der Waals surface area contributed by atoms with Gasteiger partial charge in [0, 0.05) is 12.8 Å². The molecule has 1 aliphatic heterocycles. The van der Waals surface area contributed by atoms with Crippen LogP contribution in [0.2, 0.25) is 0 Å². The van der Waals surface area contributed by atoms with Crippen molar-refractivity contribution in [3.63, 3.8) is 0 Å². The van der Waals surface area contributed by atoms with E-state index in [1.54, 1.807) is 0 Å². The Morgan fingerprint density at radius 2 is 1.57 bits per heavy atom. The molecule has 0 bridgehead atoms. The number of carbonyl (C=O) groups excluding carboxylic acids is 4. The molecule has 19 heteroatoms. The van der Waals surface area contributed by atoms with Gasteiger partial charge in [-0.25, -0.2) is 19.4 Å². The van der Waals surface area contributed by atoms with Crippen LogP contribution in [0.1, 0.15) is 36.2 Å². The molecule has 0 aromatic carbocycles. The molecule has 2 rings (SSSR count). The van der Waals surface area contributed by atoms with Gasteiger partial charge in [0.2, 0.25) is 11.8 Å². The van der Waals surface area contributed by atoms with Crippen LogP contribution in [-0.2, 0) is 24.0 Å². The third kappa shape index (κ3) is 9.78. The number of nitrogens with zero attached hydrogens (tertiary/aromatic N) is 1. The Morgan fingerprint density at radius 1 is 0.950 bits per heavy atom. The van der Waals surface area contributed by atoms with Gasteiger partial charge in [-0.05, 0) is 25.0 Å². The van der Waals surface area contributed by atoms with E-state index in [4.69, 9.17) is 21.7 Å². The van der Waals surface area contributed by atoms with E-state index in [1.165, 1.54) is 12.1 Å². The Labute approximate surface area is 225 Å². The number of aliphatic carboxylic acids is 3. The Kier molecular flexibility index (Phi) is 11.2. The fourth-order valence-corrected chi connectivity index (χ4v) is 3.37. The van der Waals surface area contributed by atoms with Crippen LogP contribution in [0.5, 0.6) is 0 Å². The van der Waals surface area contributed by atoms with Gasteiger partial charge in [-0.3, -0.25) is 30.2 Å². The van der Waals surface area contributed by atoms with Gasteiger partial charge in [0.25, 0.3) is 5.91 Å². The largest absolute Gasteiger partial charge is 0.481 e. The molecule has 5 atom stereocenters. The van der Waals surface area contributed by atoms with Crippen molar-refractivity contribution in [1.29, 1.82) is 0 Å². The summed E-state index contributed by atoms with van der Waals surface area (Å²) < 4.78 is 0. The monoisotopic (exact) mass is 567 g/mol. The molecule has 13 N–H and O–H groups in total. The molecule has 0 aliphatic carbocycles. The maximum absolute atomic E-state index is 12.5. The summed E-state index contributed by atoms with van der Waals surface area (Å²) in [5.74, 6) is -6.56. The van der Waals surface area contributed by atoms with E-state index in [2.05, 4.69) is 36.9 Å². The maximum Gasteiger partial charge on any atom is 0.326 e. The van der Waals surface area contributed by atoms with E-state index in [9.17, 15) is 38.7 Å². The van der Waals surface area contributed by atoms with Crippen LogP contribution in [0.4, 0.5) is 10.5 Å². The lowest BCUT2D eigenvalue weighted by Crippen LogP contribution is -2.73. The molecule has 1 aliphatic rings. The Bertz CT molecular complexity index is 1150. The first-order valence-electron chi connectivity index (χ1n) is 11.7. The molecule has 19 nitrogen and oxygen atoms in total. The van der Waals surface area contributed by atoms with Gasteiger partial charge in [-0.15, -0.1) is 0 Å². The summed E-state index contributed by atoms with van der Waals surface area (Å²) in [7, 11) is 0. The molecular formula is C21H29N9O10. The quantitative estimate of drug-likeness (QED) is 0.109. The molecule has 0 spiro atoms. The number of anilines is 1. The zero-order valence-electron chi connectivity index (χ0n) is 20.7. The maximum atomic E-state index is 12.5. The van der Waals surface area contributed by atoms with E-state index in [0.717, 1.165) is 6.20 Å². The van der Waals surface area contributed by atoms with Crippen molar-refractivity contribution in [3.8, 4) is 0 Å². The SMILES string of the molecule is NC1NC(=O)C(NC(=O)Nc2ccc(C(=O)N[C@@H](CCC(=O)N[C@@H](CCC(=O)O)C(=O)O)C(=O)O)nc2)C(N)N1. The summed E-state index contributed by atoms with van der Waals surface area (Å²) in [5.41, 5.74) is 11.2. The third-order valence-corrected chi connectivity index (χ3v) is 5.40. The summed E-state index contributed by atoms with van der Waals surface area (Å²) in [6.07, 6.45) is -2.50. The average Bonchev–Trinajstić information content (AvgIpc) is 2.86. The van der Waals surface area contributed by atoms with Crippen LogP contribution in [0, 0.1) is 0 Å². The van der Waals surface area contributed by atoms with Crippen LogP contribution in [0.3, 0.4) is 0 Å². The fraction of sp³-hybridized carbons (Fsp3) is 0.429. The van der Waals surface area contributed by atoms with Crippen molar-refractivity contribution in [2.75, 3.05) is 5.32 Å². The predicted molar refractivity (Wildman–Crippen MR) is 132 cm³/mol. The van der Waals surface area contributed by atoms with E-state index >= 15 is 0 Å². The Morgan fingerprint density at radius 3 is 2.12 bits per heavy atom. The first-order chi connectivity index (χ1) is 18.8. The molecule has 2 heterocycles. The fourth-order valence-electron chi connectivity index (χ4n) is 3.37. The Balaban J connectivity index is 1.89. The summed E-state index contributed by atoms with van der Waals surface area (Å²) in [4.78, 5) is 85.9. The third-order valence-electron chi connectivity index (χ3n) is 5.40. The van der Waals surface area contributed by atoms with Crippen LogP contribution < -0.4 is 43.4 Å². The number of rotatable bonds is 13.